The number of hydrogen-bond donors (Lipinski definition) is 0. The van der Waals surface area contributed by atoms with Crippen molar-refractivity contribution in [3.8, 4) is 0 Å². The van der Waals surface area contributed by atoms with Crippen molar-refractivity contribution >= 4 is 28.4 Å². The average Bonchev–Trinajstić information content (AvgIpc) is 2.89. The molecule has 1 aliphatic carbocycles. The zero-order valence-corrected chi connectivity index (χ0v) is 21.9. The third-order valence-electron chi connectivity index (χ3n) is 6.56. The van der Waals surface area contributed by atoms with Crippen LogP contribution in [0.1, 0.15) is 43.6 Å². The Morgan fingerprint density at radius 3 is 2.42 bits per heavy atom. The Balaban J connectivity index is 1.85. The minimum atomic E-state index is -0.360. The van der Waals surface area contributed by atoms with E-state index in [1.54, 1.807) is 4.57 Å². The minimum Gasteiger partial charge on any atom is -0.327 e. The van der Waals surface area contributed by atoms with Crippen LogP contribution < -0.4 is 5.56 Å². The molecule has 1 unspecified atom stereocenters. The molecule has 188 valence electrons. The van der Waals surface area contributed by atoms with Gasteiger partial charge in [0.05, 0.1) is 23.5 Å². The fraction of sp³-hybridized carbons (Fsp3) is 0.345. The van der Waals surface area contributed by atoms with Crippen LogP contribution >= 0.6 is 11.6 Å². The van der Waals surface area contributed by atoms with Crippen molar-refractivity contribution in [3.63, 3.8) is 0 Å². The van der Waals surface area contributed by atoms with E-state index in [4.69, 9.17) is 16.6 Å². The molecule has 0 fully saturated rings. The molecule has 0 spiro atoms. The summed E-state index contributed by atoms with van der Waals surface area (Å²) in [4.78, 5) is 36.5. The Morgan fingerprint density at radius 2 is 1.75 bits per heavy atom. The lowest BCUT2D eigenvalue weighted by Gasteiger charge is -2.34. The van der Waals surface area contributed by atoms with Crippen molar-refractivity contribution in [1.82, 2.24) is 19.4 Å². The molecule has 1 aromatic heterocycles. The van der Waals surface area contributed by atoms with Crippen molar-refractivity contribution in [2.24, 2.45) is 0 Å². The van der Waals surface area contributed by atoms with Gasteiger partial charge in [0.15, 0.2) is 0 Å². The predicted octanol–water partition coefficient (Wildman–Crippen LogP) is 5.13. The molecule has 0 saturated heterocycles. The maximum atomic E-state index is 13.9. The van der Waals surface area contributed by atoms with Gasteiger partial charge in [-0.15, -0.1) is 0 Å². The van der Waals surface area contributed by atoms with Crippen LogP contribution in [0, 0.1) is 0 Å². The molecule has 0 aliphatic heterocycles. The fourth-order valence-electron chi connectivity index (χ4n) is 4.58. The van der Waals surface area contributed by atoms with Gasteiger partial charge >= 0.3 is 0 Å². The Bertz CT molecular complexity index is 1340. The number of fused-ring (bicyclic) bond motifs is 1. The van der Waals surface area contributed by atoms with Crippen LogP contribution in [-0.4, -0.2) is 52.4 Å². The quantitative estimate of drug-likeness (QED) is 0.405. The van der Waals surface area contributed by atoms with Crippen molar-refractivity contribution in [2.75, 3.05) is 27.2 Å². The van der Waals surface area contributed by atoms with Crippen molar-refractivity contribution < 1.29 is 4.79 Å². The highest BCUT2D eigenvalue weighted by atomic mass is 35.5. The maximum absolute atomic E-state index is 13.9. The zero-order chi connectivity index (χ0) is 25.7. The summed E-state index contributed by atoms with van der Waals surface area (Å²) in [6, 6.07) is 17.0. The first-order valence-corrected chi connectivity index (χ1v) is 12.8. The number of benzene rings is 2. The fourth-order valence-corrected chi connectivity index (χ4v) is 4.74. The Morgan fingerprint density at radius 1 is 1.03 bits per heavy atom. The highest BCUT2D eigenvalue weighted by molar-refractivity contribution is 6.29. The van der Waals surface area contributed by atoms with Gasteiger partial charge in [-0.05, 0) is 57.1 Å². The Kier molecular flexibility index (Phi) is 8.39. The van der Waals surface area contributed by atoms with E-state index in [0.717, 1.165) is 16.2 Å². The second-order valence-electron chi connectivity index (χ2n) is 9.40. The Hall–Kier alpha value is -3.22. The molecule has 1 atom stereocenters. The van der Waals surface area contributed by atoms with Gasteiger partial charge in [0.1, 0.15) is 5.82 Å². The lowest BCUT2D eigenvalue weighted by atomic mass is 10.0. The number of amides is 1. The van der Waals surface area contributed by atoms with Gasteiger partial charge in [-0.1, -0.05) is 67.1 Å². The number of rotatable bonds is 9. The van der Waals surface area contributed by atoms with Crippen LogP contribution in [0.3, 0.4) is 0 Å². The molecule has 1 amide bonds. The summed E-state index contributed by atoms with van der Waals surface area (Å²) in [5, 5.41) is 1.33. The molecule has 0 N–H and O–H groups in total. The molecular formula is C29H33ClN4O2. The third-order valence-corrected chi connectivity index (χ3v) is 6.87. The number of aromatic nitrogens is 2. The molecule has 1 heterocycles. The monoisotopic (exact) mass is 504 g/mol. The second kappa shape index (κ2) is 11.7. The van der Waals surface area contributed by atoms with E-state index >= 15 is 0 Å². The summed E-state index contributed by atoms with van der Waals surface area (Å²) in [7, 11) is 3.98. The number of halogens is 1. The summed E-state index contributed by atoms with van der Waals surface area (Å²) >= 11 is 6.16. The highest BCUT2D eigenvalue weighted by Crippen LogP contribution is 2.29. The summed E-state index contributed by atoms with van der Waals surface area (Å²) in [5.74, 6) is 0.583. The van der Waals surface area contributed by atoms with E-state index in [9.17, 15) is 9.59 Å². The third kappa shape index (κ3) is 5.77. The van der Waals surface area contributed by atoms with Crippen molar-refractivity contribution in [2.45, 2.75) is 38.8 Å². The molecule has 0 bridgehead atoms. The molecule has 7 heteroatoms. The number of hydrogen-bond acceptors (Lipinski definition) is 4. The van der Waals surface area contributed by atoms with Crippen molar-refractivity contribution in [3.05, 3.63) is 99.1 Å². The molecule has 3 aromatic rings. The topological polar surface area (TPSA) is 58.4 Å². The van der Waals surface area contributed by atoms with Gasteiger partial charge in [0.25, 0.3) is 5.56 Å². The molecule has 6 nitrogen and oxygen atoms in total. The first-order chi connectivity index (χ1) is 17.4. The molecule has 1 aliphatic rings. The van der Waals surface area contributed by atoms with Gasteiger partial charge < -0.3 is 9.80 Å². The van der Waals surface area contributed by atoms with E-state index in [2.05, 4.69) is 4.90 Å². The predicted molar refractivity (Wildman–Crippen MR) is 146 cm³/mol. The van der Waals surface area contributed by atoms with Crippen LogP contribution in [0.5, 0.6) is 0 Å². The zero-order valence-electron chi connectivity index (χ0n) is 21.2. The normalized spacial score (nSPS) is 14.5. The smallest absolute Gasteiger partial charge is 0.261 e. The summed E-state index contributed by atoms with van der Waals surface area (Å²) < 4.78 is 1.74. The van der Waals surface area contributed by atoms with Crippen molar-refractivity contribution in [1.29, 1.82) is 0 Å². The second-order valence-corrected chi connectivity index (χ2v) is 9.88. The first-order valence-electron chi connectivity index (χ1n) is 12.4. The molecule has 0 radical (unpaired) electrons. The summed E-state index contributed by atoms with van der Waals surface area (Å²) in [6.07, 6.45) is 5.52. The minimum absolute atomic E-state index is 0.0298. The number of carbonyl (C=O) groups is 1. The molecule has 0 saturated carbocycles. The van der Waals surface area contributed by atoms with E-state index < -0.39 is 0 Å². The maximum Gasteiger partial charge on any atom is 0.261 e. The summed E-state index contributed by atoms with van der Waals surface area (Å²) in [6.45, 7) is 3.65. The van der Waals surface area contributed by atoms with Crippen LogP contribution in [0.4, 0.5) is 0 Å². The number of para-hydroxylation sites is 1. The van der Waals surface area contributed by atoms with Crippen LogP contribution in [0.25, 0.3) is 10.9 Å². The van der Waals surface area contributed by atoms with Gasteiger partial charge in [0.2, 0.25) is 5.91 Å². The number of likely N-dealkylation sites (N-methyl/N-ethyl adjacent to an activating group) is 1. The van der Waals surface area contributed by atoms with Gasteiger partial charge in [-0.3, -0.25) is 14.2 Å². The Labute approximate surface area is 217 Å². The van der Waals surface area contributed by atoms with Crippen LogP contribution in [0.15, 0.2) is 82.1 Å². The van der Waals surface area contributed by atoms with E-state index in [1.807, 2.05) is 92.7 Å². The SMILES string of the molecule is CCC(c1nc2ccccc2c(=O)n1Cc1ccccc1)N(CCN(C)C)C(=O)C1=CC=C(Cl)CC1. The summed E-state index contributed by atoms with van der Waals surface area (Å²) in [5.41, 5.74) is 2.29. The first kappa shape index (κ1) is 25.9. The van der Waals surface area contributed by atoms with Gasteiger partial charge in [-0.2, -0.15) is 0 Å². The highest BCUT2D eigenvalue weighted by Gasteiger charge is 2.30. The molecule has 2 aromatic carbocycles. The van der Waals surface area contributed by atoms with E-state index in [0.29, 0.717) is 55.6 Å². The number of carbonyl (C=O) groups excluding carboxylic acids is 1. The van der Waals surface area contributed by atoms with E-state index in [-0.39, 0.29) is 17.5 Å². The molecule has 4 rings (SSSR count). The van der Waals surface area contributed by atoms with Crippen LogP contribution in [0.2, 0.25) is 0 Å². The average molecular weight is 505 g/mol. The van der Waals surface area contributed by atoms with E-state index in [1.165, 1.54) is 0 Å². The van der Waals surface area contributed by atoms with Gasteiger partial charge in [0, 0.05) is 23.7 Å². The number of allylic oxidation sites excluding steroid dienone is 3. The lowest BCUT2D eigenvalue weighted by Crippen LogP contribution is -2.42. The molecular weight excluding hydrogens is 472 g/mol. The lowest BCUT2D eigenvalue weighted by molar-refractivity contribution is -0.130. The standard InChI is InChI=1S/C29H33ClN4O2/c1-4-26(33(19-18-32(2)3)28(35)22-14-16-23(30)17-15-22)27-31-25-13-9-8-12-24(25)29(36)34(27)20-21-10-6-5-7-11-21/h5-14,16,26H,4,15,17-20H2,1-3H3. The number of nitrogens with zero attached hydrogens (tertiary/aromatic N) is 4. The largest absolute Gasteiger partial charge is 0.327 e. The van der Waals surface area contributed by atoms with Gasteiger partial charge in [-0.25, -0.2) is 4.98 Å². The molecule has 36 heavy (non-hydrogen) atoms. The van der Waals surface area contributed by atoms with Crippen LogP contribution in [-0.2, 0) is 11.3 Å².